The zero-order valence-electron chi connectivity index (χ0n) is 11.3. The number of aryl methyl sites for hydroxylation is 1. The first kappa shape index (κ1) is 14.3. The normalized spacial score (nSPS) is 17.9. The number of furan rings is 1. The van der Waals surface area contributed by atoms with E-state index in [0.717, 1.165) is 43.0 Å². The highest BCUT2D eigenvalue weighted by atomic mass is 79.9. The Kier molecular flexibility index (Phi) is 4.00. The summed E-state index contributed by atoms with van der Waals surface area (Å²) in [6.07, 6.45) is 1.74. The monoisotopic (exact) mass is 357 g/mol. The third kappa shape index (κ3) is 2.70. The smallest absolute Gasteiger partial charge is 0.261 e. The summed E-state index contributed by atoms with van der Waals surface area (Å²) in [6, 6.07) is 1.87. The molecule has 0 amide bonds. The van der Waals surface area contributed by atoms with Crippen molar-refractivity contribution in [1.82, 2.24) is 14.1 Å². The largest absolute Gasteiger partial charge is 0.458 e. The van der Waals surface area contributed by atoms with Crippen LogP contribution in [0.1, 0.15) is 5.76 Å². The lowest BCUT2D eigenvalue weighted by molar-refractivity contribution is 0.178. The number of hydrogen-bond acceptors (Lipinski definition) is 4. The third-order valence-corrected chi connectivity index (χ3v) is 4.73. The number of fused-ring (bicyclic) bond motifs is 1. The van der Waals surface area contributed by atoms with Crippen molar-refractivity contribution in [3.05, 3.63) is 32.8 Å². The zero-order chi connectivity index (χ0) is 14.3. The predicted molar refractivity (Wildman–Crippen MR) is 85.7 cm³/mol. The van der Waals surface area contributed by atoms with E-state index in [2.05, 4.69) is 34.9 Å². The summed E-state index contributed by atoms with van der Waals surface area (Å²) in [5, 5.41) is 0.640. The van der Waals surface area contributed by atoms with Gasteiger partial charge in [-0.25, -0.2) is 0 Å². The van der Waals surface area contributed by atoms with E-state index in [1.165, 1.54) is 0 Å². The molecule has 0 saturated carbocycles. The highest BCUT2D eigenvalue weighted by molar-refractivity contribution is 9.10. The maximum absolute atomic E-state index is 12.1. The molecule has 5 nitrogen and oxygen atoms in total. The second-order valence-electron chi connectivity index (χ2n) is 5.16. The number of hydrogen-bond donors (Lipinski definition) is 0. The van der Waals surface area contributed by atoms with Gasteiger partial charge in [-0.15, -0.1) is 0 Å². The van der Waals surface area contributed by atoms with Crippen LogP contribution in [0, 0.1) is 0 Å². The van der Waals surface area contributed by atoms with Gasteiger partial charge in [-0.1, -0.05) is 9.39 Å². The molecule has 3 heterocycles. The van der Waals surface area contributed by atoms with Crippen molar-refractivity contribution in [2.24, 2.45) is 7.05 Å². The molecule has 0 bridgehead atoms. The van der Waals surface area contributed by atoms with Gasteiger partial charge in [-0.05, 0) is 22.0 Å². The first-order valence-corrected chi connectivity index (χ1v) is 7.85. The van der Waals surface area contributed by atoms with Gasteiger partial charge >= 0.3 is 0 Å². The SMILES string of the molecule is Cn1cc(Br)c2oc(CN3CCN(P)CC3)cc2c1=O. The minimum absolute atomic E-state index is 0.0204. The van der Waals surface area contributed by atoms with E-state index in [-0.39, 0.29) is 5.56 Å². The van der Waals surface area contributed by atoms with Crippen molar-refractivity contribution in [3.8, 4) is 0 Å². The van der Waals surface area contributed by atoms with Crippen molar-refractivity contribution >= 4 is 36.3 Å². The Hall–Kier alpha value is -0.680. The van der Waals surface area contributed by atoms with Gasteiger partial charge in [-0.2, -0.15) is 0 Å². The molecule has 0 N–H and O–H groups in total. The van der Waals surface area contributed by atoms with Crippen LogP contribution < -0.4 is 5.56 Å². The lowest BCUT2D eigenvalue weighted by Gasteiger charge is -2.31. The maximum Gasteiger partial charge on any atom is 0.261 e. The van der Waals surface area contributed by atoms with E-state index < -0.39 is 0 Å². The highest BCUT2D eigenvalue weighted by Crippen LogP contribution is 2.25. The van der Waals surface area contributed by atoms with Crippen molar-refractivity contribution in [3.63, 3.8) is 0 Å². The molecule has 0 spiro atoms. The molecule has 3 rings (SSSR count). The van der Waals surface area contributed by atoms with Gasteiger partial charge in [0.05, 0.1) is 16.4 Å². The maximum atomic E-state index is 12.1. The Balaban J connectivity index is 1.88. The molecule has 108 valence electrons. The fourth-order valence-corrected chi connectivity index (χ4v) is 3.31. The summed E-state index contributed by atoms with van der Waals surface area (Å²) in [4.78, 5) is 14.4. The molecule has 1 saturated heterocycles. The third-order valence-electron chi connectivity index (χ3n) is 3.64. The Morgan fingerprint density at radius 3 is 2.75 bits per heavy atom. The van der Waals surface area contributed by atoms with Gasteiger partial charge in [-0.3, -0.25) is 14.4 Å². The molecule has 1 atom stereocenters. The molecule has 20 heavy (non-hydrogen) atoms. The van der Waals surface area contributed by atoms with Crippen molar-refractivity contribution in [1.29, 1.82) is 0 Å². The van der Waals surface area contributed by atoms with Crippen LogP contribution in [-0.2, 0) is 13.6 Å². The first-order valence-electron chi connectivity index (χ1n) is 6.54. The lowest BCUT2D eigenvalue weighted by Crippen LogP contribution is -2.41. The lowest BCUT2D eigenvalue weighted by atomic mass is 10.3. The van der Waals surface area contributed by atoms with Gasteiger partial charge in [0.2, 0.25) is 0 Å². The summed E-state index contributed by atoms with van der Waals surface area (Å²) < 4.78 is 10.5. The van der Waals surface area contributed by atoms with E-state index in [1.807, 2.05) is 6.07 Å². The molecule has 1 unspecified atom stereocenters. The first-order chi connectivity index (χ1) is 9.54. The number of aromatic nitrogens is 1. The van der Waals surface area contributed by atoms with Crippen LogP contribution >= 0.6 is 25.3 Å². The van der Waals surface area contributed by atoms with E-state index in [0.29, 0.717) is 11.0 Å². The highest BCUT2D eigenvalue weighted by Gasteiger charge is 2.17. The predicted octanol–water partition coefficient (Wildman–Crippen LogP) is 1.80. The van der Waals surface area contributed by atoms with Crippen LogP contribution in [0.5, 0.6) is 0 Å². The van der Waals surface area contributed by atoms with Crippen LogP contribution in [0.2, 0.25) is 0 Å². The number of nitrogens with zero attached hydrogens (tertiary/aromatic N) is 3. The number of piperazine rings is 1. The van der Waals surface area contributed by atoms with Crippen LogP contribution in [0.15, 0.2) is 25.9 Å². The second-order valence-corrected chi connectivity index (χ2v) is 6.75. The fourth-order valence-electron chi connectivity index (χ4n) is 2.48. The Morgan fingerprint density at radius 1 is 1.35 bits per heavy atom. The van der Waals surface area contributed by atoms with Crippen molar-refractivity contribution in [2.75, 3.05) is 26.2 Å². The van der Waals surface area contributed by atoms with Crippen LogP contribution in [-0.4, -0.2) is 40.3 Å². The molecule has 0 aromatic carbocycles. The topological polar surface area (TPSA) is 41.6 Å². The minimum atomic E-state index is -0.0204. The van der Waals surface area contributed by atoms with Crippen LogP contribution in [0.25, 0.3) is 11.0 Å². The average Bonchev–Trinajstić information content (AvgIpc) is 2.83. The van der Waals surface area contributed by atoms with E-state index in [9.17, 15) is 4.79 Å². The molecule has 1 aliphatic rings. The van der Waals surface area contributed by atoms with Crippen LogP contribution in [0.3, 0.4) is 0 Å². The molecule has 2 aromatic rings. The fraction of sp³-hybridized carbons (Fsp3) is 0.462. The summed E-state index contributed by atoms with van der Waals surface area (Å²) >= 11 is 3.45. The Labute approximate surface area is 127 Å². The minimum Gasteiger partial charge on any atom is -0.458 e. The Bertz CT molecular complexity index is 689. The van der Waals surface area contributed by atoms with Crippen molar-refractivity contribution < 1.29 is 4.42 Å². The average molecular weight is 358 g/mol. The van der Waals surface area contributed by atoms with E-state index in [1.54, 1.807) is 17.8 Å². The number of rotatable bonds is 2. The zero-order valence-corrected chi connectivity index (χ0v) is 14.0. The molecule has 1 fully saturated rings. The molecule has 0 radical (unpaired) electrons. The standard InChI is InChI=1S/C13H17BrN3O2P/c1-15-8-11(14)12-10(13(15)18)6-9(19-12)7-16-2-4-17(20)5-3-16/h6,8H,2-5,7,20H2,1H3. The quantitative estimate of drug-likeness (QED) is 0.768. The summed E-state index contributed by atoms with van der Waals surface area (Å²) in [5.74, 6) is 0.848. The summed E-state index contributed by atoms with van der Waals surface area (Å²) in [7, 11) is 4.49. The van der Waals surface area contributed by atoms with Crippen LogP contribution in [0.4, 0.5) is 0 Å². The molecular formula is C13H17BrN3O2P. The van der Waals surface area contributed by atoms with Gasteiger partial charge in [0.1, 0.15) is 5.76 Å². The molecule has 2 aromatic heterocycles. The van der Waals surface area contributed by atoms with Gasteiger partial charge in [0.15, 0.2) is 5.58 Å². The molecule has 1 aliphatic heterocycles. The van der Waals surface area contributed by atoms with Gasteiger partial charge in [0.25, 0.3) is 5.56 Å². The van der Waals surface area contributed by atoms with E-state index >= 15 is 0 Å². The number of halogens is 1. The number of pyridine rings is 1. The summed E-state index contributed by atoms with van der Waals surface area (Å²) in [6.45, 7) is 4.86. The Morgan fingerprint density at radius 2 is 2.05 bits per heavy atom. The van der Waals surface area contributed by atoms with Gasteiger partial charge < -0.3 is 8.98 Å². The second kappa shape index (κ2) is 5.60. The van der Waals surface area contributed by atoms with Crippen molar-refractivity contribution in [2.45, 2.75) is 6.54 Å². The molecule has 7 heteroatoms. The van der Waals surface area contributed by atoms with E-state index in [4.69, 9.17) is 4.42 Å². The van der Waals surface area contributed by atoms with Gasteiger partial charge in [0, 0.05) is 39.4 Å². The molecule has 0 aliphatic carbocycles. The summed E-state index contributed by atoms with van der Waals surface area (Å²) in [5.41, 5.74) is 0.626. The molecular weight excluding hydrogens is 341 g/mol.